The van der Waals surface area contributed by atoms with Crippen LogP contribution in [-0.4, -0.2) is 71.0 Å². The van der Waals surface area contributed by atoms with Crippen LogP contribution in [0.4, 0.5) is 0 Å². The van der Waals surface area contributed by atoms with E-state index in [1.165, 1.54) is 0 Å². The predicted octanol–water partition coefficient (Wildman–Crippen LogP) is -0.205. The summed E-state index contributed by atoms with van der Waals surface area (Å²) < 4.78 is 5.67. The molecule has 2 saturated heterocycles. The fourth-order valence-corrected chi connectivity index (χ4v) is 3.96. The summed E-state index contributed by atoms with van der Waals surface area (Å²) in [6.45, 7) is 1.68. The Morgan fingerprint density at radius 1 is 1.00 bits per heavy atom. The molecule has 1 saturated carbocycles. The number of nitrogens with one attached hydrogen (secondary N) is 1. The minimum absolute atomic E-state index is 0.00520. The topological polar surface area (TPSA) is 99.1 Å². The molecule has 2 heterocycles. The maximum Gasteiger partial charge on any atom is 0.225 e. The zero-order valence-corrected chi connectivity index (χ0v) is 14.0. The SMILES string of the molecule is O=C(NCC1OC(CC(=O)N2CCCC2)C(O)C1O)C1CCCC1. The highest BCUT2D eigenvalue weighted by atomic mass is 16.5. The first-order valence-corrected chi connectivity index (χ1v) is 9.13. The molecular weight excluding hydrogens is 312 g/mol. The molecule has 7 nitrogen and oxygen atoms in total. The fourth-order valence-electron chi connectivity index (χ4n) is 3.96. The van der Waals surface area contributed by atoms with Crippen LogP contribution < -0.4 is 5.32 Å². The number of ether oxygens (including phenoxy) is 1. The van der Waals surface area contributed by atoms with E-state index >= 15 is 0 Å². The number of amides is 2. The molecule has 3 fully saturated rings. The van der Waals surface area contributed by atoms with Gasteiger partial charge in [0.25, 0.3) is 0 Å². The predicted molar refractivity (Wildman–Crippen MR) is 86.1 cm³/mol. The van der Waals surface area contributed by atoms with Crippen molar-refractivity contribution in [2.45, 2.75) is 69.4 Å². The quantitative estimate of drug-likeness (QED) is 0.643. The van der Waals surface area contributed by atoms with Crippen LogP contribution in [0.1, 0.15) is 44.9 Å². The smallest absolute Gasteiger partial charge is 0.225 e. The molecule has 0 spiro atoms. The van der Waals surface area contributed by atoms with E-state index in [-0.39, 0.29) is 30.7 Å². The van der Waals surface area contributed by atoms with Gasteiger partial charge >= 0.3 is 0 Å². The number of carbonyl (C=O) groups is 2. The van der Waals surface area contributed by atoms with E-state index in [2.05, 4.69) is 5.32 Å². The van der Waals surface area contributed by atoms with E-state index in [0.29, 0.717) is 0 Å². The standard InChI is InChI=1S/C17H28N2O5/c20-14(19-7-3-4-8-19)9-12-15(21)16(22)13(24-12)10-18-17(23)11-5-1-2-6-11/h11-13,15-16,21-22H,1-10H2,(H,18,23). The molecule has 3 rings (SSSR count). The van der Waals surface area contributed by atoms with E-state index in [0.717, 1.165) is 51.6 Å². The van der Waals surface area contributed by atoms with Crippen molar-refractivity contribution in [2.24, 2.45) is 5.92 Å². The van der Waals surface area contributed by atoms with Crippen LogP contribution in [0.2, 0.25) is 0 Å². The molecule has 3 N–H and O–H groups in total. The van der Waals surface area contributed by atoms with Crippen molar-refractivity contribution in [3.05, 3.63) is 0 Å². The third-order valence-electron chi connectivity index (χ3n) is 5.50. The van der Waals surface area contributed by atoms with Gasteiger partial charge in [-0.25, -0.2) is 0 Å². The van der Waals surface area contributed by atoms with Gasteiger partial charge in [-0.15, -0.1) is 0 Å². The van der Waals surface area contributed by atoms with Gasteiger partial charge in [-0.05, 0) is 25.7 Å². The molecule has 2 aliphatic heterocycles. The zero-order valence-electron chi connectivity index (χ0n) is 14.0. The number of carbonyl (C=O) groups excluding carboxylic acids is 2. The molecule has 4 atom stereocenters. The summed E-state index contributed by atoms with van der Waals surface area (Å²) >= 11 is 0. The summed E-state index contributed by atoms with van der Waals surface area (Å²) in [5.41, 5.74) is 0. The number of hydrogen-bond donors (Lipinski definition) is 3. The molecule has 2 amide bonds. The lowest BCUT2D eigenvalue weighted by atomic mass is 10.0. The third-order valence-corrected chi connectivity index (χ3v) is 5.50. The van der Waals surface area contributed by atoms with Crippen molar-refractivity contribution < 1.29 is 24.5 Å². The summed E-state index contributed by atoms with van der Waals surface area (Å²) in [7, 11) is 0. The second-order valence-corrected chi connectivity index (χ2v) is 7.21. The fraction of sp³-hybridized carbons (Fsp3) is 0.882. The van der Waals surface area contributed by atoms with Gasteiger partial charge in [0.05, 0.1) is 12.5 Å². The van der Waals surface area contributed by atoms with Crippen LogP contribution in [0.15, 0.2) is 0 Å². The molecule has 0 bridgehead atoms. The summed E-state index contributed by atoms with van der Waals surface area (Å²) in [6.07, 6.45) is 2.55. The molecule has 136 valence electrons. The monoisotopic (exact) mass is 340 g/mol. The van der Waals surface area contributed by atoms with Crippen molar-refractivity contribution in [1.82, 2.24) is 10.2 Å². The zero-order chi connectivity index (χ0) is 17.1. The summed E-state index contributed by atoms with van der Waals surface area (Å²) in [5.74, 6) is 0.00906. The Labute approximate surface area is 142 Å². The Kier molecular flexibility index (Phi) is 5.73. The highest BCUT2D eigenvalue weighted by Gasteiger charge is 2.44. The first kappa shape index (κ1) is 17.6. The van der Waals surface area contributed by atoms with Gasteiger partial charge in [0.1, 0.15) is 18.3 Å². The number of rotatable bonds is 5. The van der Waals surface area contributed by atoms with E-state index < -0.39 is 24.4 Å². The Bertz CT molecular complexity index is 460. The summed E-state index contributed by atoms with van der Waals surface area (Å²) in [6, 6.07) is 0. The lowest BCUT2D eigenvalue weighted by molar-refractivity contribution is -0.134. The summed E-state index contributed by atoms with van der Waals surface area (Å²) in [4.78, 5) is 26.0. The molecule has 4 unspecified atom stereocenters. The molecule has 7 heteroatoms. The molecule has 3 aliphatic rings. The summed E-state index contributed by atoms with van der Waals surface area (Å²) in [5, 5.41) is 23.1. The second-order valence-electron chi connectivity index (χ2n) is 7.21. The average molecular weight is 340 g/mol. The Morgan fingerprint density at radius 3 is 2.29 bits per heavy atom. The largest absolute Gasteiger partial charge is 0.388 e. The maximum absolute atomic E-state index is 12.2. The molecule has 24 heavy (non-hydrogen) atoms. The molecule has 1 aliphatic carbocycles. The Hall–Kier alpha value is -1.18. The van der Waals surface area contributed by atoms with Gasteiger partial charge in [0.15, 0.2) is 0 Å². The van der Waals surface area contributed by atoms with Crippen LogP contribution in [0.25, 0.3) is 0 Å². The van der Waals surface area contributed by atoms with Crippen LogP contribution in [0.5, 0.6) is 0 Å². The molecule has 0 radical (unpaired) electrons. The molecule has 0 aromatic rings. The van der Waals surface area contributed by atoms with Gasteiger partial charge in [0.2, 0.25) is 11.8 Å². The van der Waals surface area contributed by atoms with Gasteiger partial charge in [-0.3, -0.25) is 9.59 Å². The molecule has 0 aromatic heterocycles. The van der Waals surface area contributed by atoms with Crippen molar-refractivity contribution in [3.8, 4) is 0 Å². The number of hydrogen-bond acceptors (Lipinski definition) is 5. The van der Waals surface area contributed by atoms with Gasteiger partial charge in [0, 0.05) is 25.6 Å². The highest BCUT2D eigenvalue weighted by molar-refractivity contribution is 5.79. The number of aliphatic hydroxyl groups is 2. The average Bonchev–Trinajstić information content (AvgIpc) is 3.31. The third kappa shape index (κ3) is 3.90. The first-order chi connectivity index (χ1) is 11.6. The van der Waals surface area contributed by atoms with Crippen LogP contribution in [-0.2, 0) is 14.3 Å². The lowest BCUT2D eigenvalue weighted by Crippen LogP contribution is -2.41. The lowest BCUT2D eigenvalue weighted by Gasteiger charge is -2.19. The van der Waals surface area contributed by atoms with E-state index in [1.54, 1.807) is 4.90 Å². The van der Waals surface area contributed by atoms with E-state index in [9.17, 15) is 19.8 Å². The number of aliphatic hydroxyl groups excluding tert-OH is 2. The van der Waals surface area contributed by atoms with E-state index in [4.69, 9.17) is 4.74 Å². The minimum Gasteiger partial charge on any atom is -0.388 e. The number of nitrogens with zero attached hydrogens (tertiary/aromatic N) is 1. The van der Waals surface area contributed by atoms with Crippen LogP contribution >= 0.6 is 0 Å². The normalized spacial score (nSPS) is 34.0. The molecule has 0 aromatic carbocycles. The van der Waals surface area contributed by atoms with Crippen LogP contribution in [0.3, 0.4) is 0 Å². The van der Waals surface area contributed by atoms with Crippen LogP contribution in [0, 0.1) is 5.92 Å². The second kappa shape index (κ2) is 7.80. The first-order valence-electron chi connectivity index (χ1n) is 9.13. The number of likely N-dealkylation sites (tertiary alicyclic amines) is 1. The van der Waals surface area contributed by atoms with Crippen molar-refractivity contribution in [1.29, 1.82) is 0 Å². The van der Waals surface area contributed by atoms with Crippen molar-refractivity contribution in [3.63, 3.8) is 0 Å². The minimum atomic E-state index is -1.09. The van der Waals surface area contributed by atoms with Crippen molar-refractivity contribution >= 4 is 11.8 Å². The van der Waals surface area contributed by atoms with Gasteiger partial charge < -0.3 is 25.2 Å². The Balaban J connectivity index is 1.47. The Morgan fingerprint density at radius 2 is 1.62 bits per heavy atom. The van der Waals surface area contributed by atoms with Gasteiger partial charge in [-0.2, -0.15) is 0 Å². The van der Waals surface area contributed by atoms with E-state index in [1.807, 2.05) is 0 Å². The van der Waals surface area contributed by atoms with Crippen molar-refractivity contribution in [2.75, 3.05) is 19.6 Å². The maximum atomic E-state index is 12.2. The highest BCUT2D eigenvalue weighted by Crippen LogP contribution is 2.26. The van der Waals surface area contributed by atoms with Gasteiger partial charge in [-0.1, -0.05) is 12.8 Å². The molecular formula is C17H28N2O5.